The number of fused-ring (bicyclic) bond motifs is 3. The molecule has 0 saturated carbocycles. The van der Waals surface area contributed by atoms with Gasteiger partial charge in [0.25, 0.3) is 5.56 Å². The Bertz CT molecular complexity index is 941. The number of hydrogen-bond donors (Lipinski definition) is 0. The van der Waals surface area contributed by atoms with E-state index in [4.69, 9.17) is 14.2 Å². The van der Waals surface area contributed by atoms with Crippen molar-refractivity contribution in [3.05, 3.63) is 51.3 Å². The van der Waals surface area contributed by atoms with Crippen molar-refractivity contribution >= 4 is 0 Å². The summed E-state index contributed by atoms with van der Waals surface area (Å²) in [6, 6.07) is 8.41. The fraction of sp³-hybridized carbons (Fsp3) is 0.560. The fourth-order valence-electron chi connectivity index (χ4n) is 4.41. The second-order valence-corrected chi connectivity index (χ2v) is 8.73. The van der Waals surface area contributed by atoms with Gasteiger partial charge in [0.15, 0.2) is 0 Å². The minimum Gasteiger partial charge on any atom is -0.490 e. The van der Waals surface area contributed by atoms with E-state index in [0.29, 0.717) is 38.1 Å². The summed E-state index contributed by atoms with van der Waals surface area (Å²) in [5.41, 5.74) is 6.03. The van der Waals surface area contributed by atoms with Gasteiger partial charge in [0.2, 0.25) is 0 Å². The maximum absolute atomic E-state index is 12.9. The van der Waals surface area contributed by atoms with Gasteiger partial charge in [-0.1, -0.05) is 39.0 Å². The predicted molar refractivity (Wildman–Crippen MR) is 118 cm³/mol. The van der Waals surface area contributed by atoms with Gasteiger partial charge in [-0.25, -0.2) is 0 Å². The van der Waals surface area contributed by atoms with Crippen molar-refractivity contribution in [2.24, 2.45) is 5.92 Å². The zero-order valence-corrected chi connectivity index (χ0v) is 18.4. The van der Waals surface area contributed by atoms with Crippen molar-refractivity contribution in [2.75, 3.05) is 26.4 Å². The van der Waals surface area contributed by atoms with Crippen LogP contribution in [0.1, 0.15) is 43.9 Å². The molecule has 1 aromatic carbocycles. The van der Waals surface area contributed by atoms with Gasteiger partial charge >= 0.3 is 0 Å². The molecule has 0 unspecified atom stereocenters. The minimum absolute atomic E-state index is 0.00699. The highest BCUT2D eigenvalue weighted by molar-refractivity contribution is 5.71. The molecule has 30 heavy (non-hydrogen) atoms. The molecule has 0 amide bonds. The first-order valence-electron chi connectivity index (χ1n) is 11.3. The third-order valence-electron chi connectivity index (χ3n) is 6.08. The topological polar surface area (TPSA) is 49.7 Å². The number of nitrogens with zero attached hydrogens (tertiary/aromatic N) is 1. The average molecular weight is 412 g/mol. The Morgan fingerprint density at radius 2 is 2.10 bits per heavy atom. The van der Waals surface area contributed by atoms with Crippen LogP contribution in [0, 0.1) is 5.92 Å². The molecule has 0 bridgehead atoms. The highest BCUT2D eigenvalue weighted by atomic mass is 16.6. The van der Waals surface area contributed by atoms with Crippen molar-refractivity contribution in [3.63, 3.8) is 0 Å². The van der Waals surface area contributed by atoms with Crippen LogP contribution in [0.3, 0.4) is 0 Å². The summed E-state index contributed by atoms with van der Waals surface area (Å²) < 4.78 is 19.2. The van der Waals surface area contributed by atoms with Crippen molar-refractivity contribution in [1.29, 1.82) is 0 Å². The molecule has 1 saturated heterocycles. The maximum Gasteiger partial charge on any atom is 0.254 e. The lowest BCUT2D eigenvalue weighted by atomic mass is 9.90. The Morgan fingerprint density at radius 3 is 2.83 bits per heavy atom. The number of benzene rings is 1. The molecular formula is C25H33NO4. The normalized spacial score (nSPS) is 18.2. The molecule has 5 heteroatoms. The van der Waals surface area contributed by atoms with Gasteiger partial charge in [-0.05, 0) is 42.7 Å². The second kappa shape index (κ2) is 9.36. The third kappa shape index (κ3) is 4.47. The fourth-order valence-corrected chi connectivity index (χ4v) is 4.41. The highest BCUT2D eigenvalue weighted by Crippen LogP contribution is 2.36. The summed E-state index contributed by atoms with van der Waals surface area (Å²) in [4.78, 5) is 12.9. The van der Waals surface area contributed by atoms with E-state index in [0.717, 1.165) is 37.1 Å². The molecule has 0 radical (unpaired) electrons. The molecule has 1 aromatic heterocycles. The number of aromatic nitrogens is 1. The molecule has 1 atom stereocenters. The minimum atomic E-state index is -0.0851. The van der Waals surface area contributed by atoms with E-state index in [2.05, 4.69) is 39.0 Å². The van der Waals surface area contributed by atoms with Gasteiger partial charge in [-0.15, -0.1) is 0 Å². The lowest BCUT2D eigenvalue weighted by molar-refractivity contribution is -0.101. The molecule has 2 aliphatic heterocycles. The first-order valence-corrected chi connectivity index (χ1v) is 11.3. The molecule has 2 aliphatic rings. The van der Waals surface area contributed by atoms with Gasteiger partial charge in [0.05, 0.1) is 25.5 Å². The van der Waals surface area contributed by atoms with Gasteiger partial charge in [0.1, 0.15) is 18.5 Å². The predicted octanol–water partition coefficient (Wildman–Crippen LogP) is 4.02. The van der Waals surface area contributed by atoms with E-state index in [9.17, 15) is 4.79 Å². The quantitative estimate of drug-likeness (QED) is 0.691. The van der Waals surface area contributed by atoms with Crippen LogP contribution in [0.5, 0.6) is 5.75 Å². The van der Waals surface area contributed by atoms with Crippen LogP contribution in [0.4, 0.5) is 0 Å². The second-order valence-electron chi connectivity index (χ2n) is 8.73. The summed E-state index contributed by atoms with van der Waals surface area (Å²) in [7, 11) is 0. The summed E-state index contributed by atoms with van der Waals surface area (Å²) >= 11 is 0. The standard InChI is InChI=1S/C25H33NO4/c1-4-21-23(30-16-20-15-28-11-12-29-20)14-24(27)26-10-9-19-13-18(6-5-17(2)3)7-8-22(19)25(21)26/h7-8,13-14,17,20H,4-6,9-12,15-16H2,1-3H3/t20-/m0/s1. The van der Waals surface area contributed by atoms with Crippen molar-refractivity contribution in [3.8, 4) is 17.0 Å². The monoisotopic (exact) mass is 411 g/mol. The first-order chi connectivity index (χ1) is 14.6. The highest BCUT2D eigenvalue weighted by Gasteiger charge is 2.24. The van der Waals surface area contributed by atoms with Crippen LogP contribution in [0.2, 0.25) is 0 Å². The Labute approximate surface area is 179 Å². The van der Waals surface area contributed by atoms with Crippen LogP contribution in [0.25, 0.3) is 11.3 Å². The molecular weight excluding hydrogens is 378 g/mol. The summed E-state index contributed by atoms with van der Waals surface area (Å²) in [6.07, 6.45) is 3.92. The van der Waals surface area contributed by atoms with Crippen LogP contribution < -0.4 is 10.3 Å². The lowest BCUT2D eigenvalue weighted by Gasteiger charge is -2.27. The molecule has 0 spiro atoms. The van der Waals surface area contributed by atoms with Gasteiger partial charge in [-0.3, -0.25) is 4.79 Å². The SMILES string of the molecule is CCc1c(OC[C@@H]2COCCO2)cc(=O)n2c1-c1ccc(CCC(C)C)cc1CC2. The zero-order valence-electron chi connectivity index (χ0n) is 18.4. The number of pyridine rings is 1. The van der Waals surface area contributed by atoms with E-state index >= 15 is 0 Å². The molecule has 162 valence electrons. The Balaban J connectivity index is 1.66. The van der Waals surface area contributed by atoms with Gasteiger partial charge < -0.3 is 18.8 Å². The molecule has 4 rings (SSSR count). The van der Waals surface area contributed by atoms with Crippen LogP contribution >= 0.6 is 0 Å². The van der Waals surface area contributed by atoms with Gasteiger partial charge in [-0.2, -0.15) is 0 Å². The zero-order chi connectivity index (χ0) is 21.1. The Kier molecular flexibility index (Phi) is 6.59. The lowest BCUT2D eigenvalue weighted by Crippen LogP contribution is -2.34. The third-order valence-corrected chi connectivity index (χ3v) is 6.08. The average Bonchev–Trinajstić information content (AvgIpc) is 2.76. The summed E-state index contributed by atoms with van der Waals surface area (Å²) in [6.45, 7) is 9.53. The Morgan fingerprint density at radius 1 is 1.23 bits per heavy atom. The Hall–Kier alpha value is -2.11. The molecule has 2 aromatic rings. The van der Waals surface area contributed by atoms with E-state index in [-0.39, 0.29) is 11.7 Å². The van der Waals surface area contributed by atoms with E-state index in [1.165, 1.54) is 23.1 Å². The van der Waals surface area contributed by atoms with Crippen molar-refractivity contribution < 1.29 is 14.2 Å². The molecule has 1 fully saturated rings. The molecule has 0 aliphatic carbocycles. The smallest absolute Gasteiger partial charge is 0.254 e. The van der Waals surface area contributed by atoms with E-state index < -0.39 is 0 Å². The number of hydrogen-bond acceptors (Lipinski definition) is 4. The van der Waals surface area contributed by atoms with E-state index in [1.807, 2.05) is 4.57 Å². The van der Waals surface area contributed by atoms with Crippen molar-refractivity contribution in [1.82, 2.24) is 4.57 Å². The maximum atomic E-state index is 12.9. The number of aryl methyl sites for hydroxylation is 2. The van der Waals surface area contributed by atoms with Crippen LogP contribution in [0.15, 0.2) is 29.1 Å². The molecule has 0 N–H and O–H groups in total. The van der Waals surface area contributed by atoms with E-state index in [1.54, 1.807) is 6.07 Å². The first kappa shape index (κ1) is 21.1. The van der Waals surface area contributed by atoms with Crippen molar-refractivity contribution in [2.45, 2.75) is 59.1 Å². The molecule has 3 heterocycles. The van der Waals surface area contributed by atoms with Gasteiger partial charge in [0, 0.05) is 23.7 Å². The summed E-state index contributed by atoms with van der Waals surface area (Å²) in [5, 5.41) is 0. The number of ether oxygens (including phenoxy) is 3. The number of rotatable bonds is 7. The largest absolute Gasteiger partial charge is 0.490 e. The summed E-state index contributed by atoms with van der Waals surface area (Å²) in [5.74, 6) is 1.38. The van der Waals surface area contributed by atoms with Crippen LogP contribution in [-0.2, 0) is 35.3 Å². The molecule has 5 nitrogen and oxygen atoms in total. The van der Waals surface area contributed by atoms with Crippen LogP contribution in [-0.4, -0.2) is 37.1 Å².